The van der Waals surface area contributed by atoms with E-state index in [1.54, 1.807) is 18.3 Å². The normalized spacial score (nSPS) is 11.0. The van der Waals surface area contributed by atoms with Gasteiger partial charge in [-0.15, -0.1) is 0 Å². The number of non-ortho nitro benzene ring substituents is 1. The van der Waals surface area contributed by atoms with Crippen LogP contribution in [0.4, 0.5) is 11.4 Å². The van der Waals surface area contributed by atoms with Crippen LogP contribution >= 0.6 is 0 Å². The summed E-state index contributed by atoms with van der Waals surface area (Å²) in [5.41, 5.74) is 1.75. The predicted molar refractivity (Wildman–Crippen MR) is 89.3 cm³/mol. The van der Waals surface area contributed by atoms with Crippen LogP contribution in [0, 0.1) is 10.1 Å². The molecule has 0 atom stereocenters. The van der Waals surface area contributed by atoms with Crippen LogP contribution in [0.3, 0.4) is 0 Å². The molecule has 0 saturated carbocycles. The van der Waals surface area contributed by atoms with Crippen LogP contribution in [-0.4, -0.2) is 41.0 Å². The summed E-state index contributed by atoms with van der Waals surface area (Å²) >= 11 is 0. The molecular weight excluding hydrogens is 280 g/mol. The molecule has 0 unspecified atom stereocenters. The number of nitrogens with zero attached hydrogens (tertiary/aromatic N) is 3. The van der Waals surface area contributed by atoms with Crippen molar-refractivity contribution in [2.45, 2.75) is 20.3 Å². The van der Waals surface area contributed by atoms with E-state index in [9.17, 15) is 10.1 Å². The lowest BCUT2D eigenvalue weighted by molar-refractivity contribution is -0.384. The highest BCUT2D eigenvalue weighted by molar-refractivity contribution is 5.92. The minimum absolute atomic E-state index is 0.0895. The molecule has 2 rings (SSSR count). The van der Waals surface area contributed by atoms with Crippen LogP contribution in [0.1, 0.15) is 20.3 Å². The minimum atomic E-state index is -0.378. The highest BCUT2D eigenvalue weighted by Crippen LogP contribution is 2.25. The van der Waals surface area contributed by atoms with Gasteiger partial charge in [0.15, 0.2) is 0 Å². The SMILES string of the molecule is CCN(CC)CCCNc1ccnc2ccc([N+](=O)[O-])cc12. The van der Waals surface area contributed by atoms with Crippen molar-refractivity contribution in [3.63, 3.8) is 0 Å². The molecular formula is C16H22N4O2. The molecule has 0 aliphatic carbocycles. The summed E-state index contributed by atoms with van der Waals surface area (Å²) < 4.78 is 0. The van der Waals surface area contributed by atoms with Crippen LogP contribution in [-0.2, 0) is 0 Å². The number of rotatable bonds is 8. The number of nitrogens with one attached hydrogen (secondary N) is 1. The second-order valence-electron chi connectivity index (χ2n) is 5.12. The number of aromatic nitrogens is 1. The highest BCUT2D eigenvalue weighted by Gasteiger charge is 2.09. The highest BCUT2D eigenvalue weighted by atomic mass is 16.6. The molecule has 1 N–H and O–H groups in total. The Morgan fingerprint density at radius 2 is 2.05 bits per heavy atom. The van der Waals surface area contributed by atoms with E-state index >= 15 is 0 Å². The molecule has 1 aromatic heterocycles. The van der Waals surface area contributed by atoms with Crippen molar-refractivity contribution in [1.29, 1.82) is 0 Å². The van der Waals surface area contributed by atoms with Crippen molar-refractivity contribution < 1.29 is 4.92 Å². The zero-order valence-corrected chi connectivity index (χ0v) is 13.1. The van der Waals surface area contributed by atoms with Gasteiger partial charge in [0, 0.05) is 35.9 Å². The maximum atomic E-state index is 10.9. The van der Waals surface area contributed by atoms with Gasteiger partial charge in [-0.05, 0) is 38.2 Å². The molecule has 0 amide bonds. The van der Waals surface area contributed by atoms with Gasteiger partial charge >= 0.3 is 0 Å². The third kappa shape index (κ3) is 3.92. The minimum Gasteiger partial charge on any atom is -0.384 e. The van der Waals surface area contributed by atoms with Gasteiger partial charge < -0.3 is 10.2 Å². The third-order valence-electron chi connectivity index (χ3n) is 3.80. The van der Waals surface area contributed by atoms with E-state index in [1.165, 1.54) is 6.07 Å². The summed E-state index contributed by atoms with van der Waals surface area (Å²) in [6.07, 6.45) is 2.75. The van der Waals surface area contributed by atoms with Gasteiger partial charge in [-0.1, -0.05) is 13.8 Å². The number of fused-ring (bicyclic) bond motifs is 1. The van der Waals surface area contributed by atoms with Gasteiger partial charge in [-0.3, -0.25) is 15.1 Å². The first kappa shape index (κ1) is 16.2. The number of anilines is 1. The lowest BCUT2D eigenvalue weighted by Crippen LogP contribution is -2.25. The zero-order valence-electron chi connectivity index (χ0n) is 13.1. The van der Waals surface area contributed by atoms with Crippen molar-refractivity contribution in [1.82, 2.24) is 9.88 Å². The maximum Gasteiger partial charge on any atom is 0.270 e. The Labute approximate surface area is 130 Å². The Hall–Kier alpha value is -2.21. The molecule has 6 nitrogen and oxygen atoms in total. The molecule has 1 aromatic carbocycles. The monoisotopic (exact) mass is 302 g/mol. The number of hydrogen-bond donors (Lipinski definition) is 1. The Kier molecular flexibility index (Phi) is 5.66. The van der Waals surface area contributed by atoms with E-state index < -0.39 is 0 Å². The smallest absolute Gasteiger partial charge is 0.270 e. The Morgan fingerprint density at radius 3 is 2.73 bits per heavy atom. The lowest BCUT2D eigenvalue weighted by atomic mass is 10.1. The van der Waals surface area contributed by atoms with E-state index in [-0.39, 0.29) is 10.6 Å². The Bertz CT molecular complexity index is 641. The summed E-state index contributed by atoms with van der Waals surface area (Å²) in [5.74, 6) is 0. The average molecular weight is 302 g/mol. The zero-order chi connectivity index (χ0) is 15.9. The van der Waals surface area contributed by atoms with Crippen LogP contribution in [0.15, 0.2) is 30.5 Å². The van der Waals surface area contributed by atoms with Gasteiger partial charge in [0.25, 0.3) is 5.69 Å². The van der Waals surface area contributed by atoms with Crippen molar-refractivity contribution in [3.8, 4) is 0 Å². The molecule has 6 heteroatoms. The molecule has 2 aromatic rings. The molecule has 0 aliphatic heterocycles. The second kappa shape index (κ2) is 7.70. The lowest BCUT2D eigenvalue weighted by Gasteiger charge is -2.18. The standard InChI is InChI=1S/C16H22N4O2/c1-3-19(4-2)11-5-9-17-16-8-10-18-15-7-6-13(20(21)22)12-14(15)16/h6-8,10,12H,3-5,9,11H2,1-2H3,(H,17,18). The van der Waals surface area contributed by atoms with Crippen LogP contribution in [0.5, 0.6) is 0 Å². The van der Waals surface area contributed by atoms with E-state index in [0.717, 1.165) is 49.2 Å². The number of nitro groups is 1. The van der Waals surface area contributed by atoms with E-state index in [4.69, 9.17) is 0 Å². The summed E-state index contributed by atoms with van der Waals surface area (Å²) in [7, 11) is 0. The average Bonchev–Trinajstić information content (AvgIpc) is 2.54. The van der Waals surface area contributed by atoms with E-state index in [2.05, 4.69) is 29.0 Å². The van der Waals surface area contributed by atoms with Gasteiger partial charge in [0.1, 0.15) is 0 Å². The van der Waals surface area contributed by atoms with Gasteiger partial charge in [0.05, 0.1) is 10.4 Å². The number of hydrogen-bond acceptors (Lipinski definition) is 5. The molecule has 0 saturated heterocycles. The number of nitro benzene ring substituents is 1. The van der Waals surface area contributed by atoms with Crippen LogP contribution in [0.25, 0.3) is 10.9 Å². The second-order valence-corrected chi connectivity index (χ2v) is 5.12. The molecule has 0 aliphatic rings. The summed E-state index contributed by atoms with van der Waals surface area (Å²) in [4.78, 5) is 17.2. The van der Waals surface area contributed by atoms with Gasteiger partial charge in [0.2, 0.25) is 0 Å². The van der Waals surface area contributed by atoms with Crippen molar-refractivity contribution in [2.24, 2.45) is 0 Å². The molecule has 0 bridgehead atoms. The molecule has 0 radical (unpaired) electrons. The van der Waals surface area contributed by atoms with E-state index in [1.807, 2.05) is 6.07 Å². The molecule has 1 heterocycles. The number of benzene rings is 1. The fraction of sp³-hybridized carbons (Fsp3) is 0.438. The van der Waals surface area contributed by atoms with Crippen molar-refractivity contribution >= 4 is 22.3 Å². The largest absolute Gasteiger partial charge is 0.384 e. The topological polar surface area (TPSA) is 71.3 Å². The van der Waals surface area contributed by atoms with Crippen molar-refractivity contribution in [3.05, 3.63) is 40.6 Å². The first-order chi connectivity index (χ1) is 10.7. The molecule has 0 spiro atoms. The molecule has 22 heavy (non-hydrogen) atoms. The van der Waals surface area contributed by atoms with Crippen molar-refractivity contribution in [2.75, 3.05) is 31.5 Å². The fourth-order valence-corrected chi connectivity index (χ4v) is 2.47. The Balaban J connectivity index is 2.07. The van der Waals surface area contributed by atoms with Crippen LogP contribution in [0.2, 0.25) is 0 Å². The molecule has 0 fully saturated rings. The summed E-state index contributed by atoms with van der Waals surface area (Å²) in [6, 6.07) is 6.62. The Morgan fingerprint density at radius 1 is 1.27 bits per heavy atom. The van der Waals surface area contributed by atoms with Gasteiger partial charge in [-0.2, -0.15) is 0 Å². The fourth-order valence-electron chi connectivity index (χ4n) is 2.47. The first-order valence-electron chi connectivity index (χ1n) is 7.65. The first-order valence-corrected chi connectivity index (χ1v) is 7.65. The molecule has 118 valence electrons. The van der Waals surface area contributed by atoms with Gasteiger partial charge in [-0.25, -0.2) is 0 Å². The van der Waals surface area contributed by atoms with E-state index in [0.29, 0.717) is 0 Å². The maximum absolute atomic E-state index is 10.9. The third-order valence-corrected chi connectivity index (χ3v) is 3.80. The predicted octanol–water partition coefficient (Wildman–Crippen LogP) is 3.29. The number of pyridine rings is 1. The summed E-state index contributed by atoms with van der Waals surface area (Å²) in [5, 5.41) is 15.1. The summed E-state index contributed by atoms with van der Waals surface area (Å²) in [6.45, 7) is 8.31. The van der Waals surface area contributed by atoms with Crippen LogP contribution < -0.4 is 5.32 Å². The quantitative estimate of drug-likeness (QED) is 0.460.